The first-order valence-corrected chi connectivity index (χ1v) is 11.8. The van der Waals surface area contributed by atoms with Crippen LogP contribution in [0, 0.1) is 11.3 Å². The summed E-state index contributed by atoms with van der Waals surface area (Å²) >= 11 is 0. The number of fused-ring (bicyclic) bond motifs is 3. The average Bonchev–Trinajstić information content (AvgIpc) is 3.30. The molecule has 1 fully saturated rings. The van der Waals surface area contributed by atoms with Crippen molar-refractivity contribution in [2.45, 2.75) is 45.6 Å². The SMILES string of the molecule is CC(CNC(=O)OCC1c2ccccc2-c2ccccc21)CC(=O)N1CCC(C)(C)C1C(=O)O. The summed E-state index contributed by atoms with van der Waals surface area (Å²) in [6, 6.07) is 15.5. The second-order valence-electron chi connectivity index (χ2n) is 10.1. The highest BCUT2D eigenvalue weighted by molar-refractivity contribution is 5.85. The Morgan fingerprint density at radius 1 is 1.09 bits per heavy atom. The van der Waals surface area contributed by atoms with Gasteiger partial charge >= 0.3 is 12.1 Å². The third kappa shape index (κ3) is 4.65. The number of hydrogen-bond acceptors (Lipinski definition) is 4. The van der Waals surface area contributed by atoms with E-state index < -0.39 is 23.5 Å². The molecule has 2 aromatic carbocycles. The van der Waals surface area contributed by atoms with Crippen LogP contribution in [0.25, 0.3) is 11.1 Å². The molecular formula is C27H32N2O5. The normalized spacial score (nSPS) is 19.3. The molecule has 0 aromatic heterocycles. The molecule has 1 heterocycles. The lowest BCUT2D eigenvalue weighted by Gasteiger charge is -2.29. The molecule has 2 atom stereocenters. The summed E-state index contributed by atoms with van der Waals surface area (Å²) in [4.78, 5) is 38.3. The van der Waals surface area contributed by atoms with Gasteiger partial charge in [0.1, 0.15) is 12.6 Å². The number of benzene rings is 2. The van der Waals surface area contributed by atoms with Gasteiger partial charge in [0, 0.05) is 25.4 Å². The fourth-order valence-electron chi connectivity index (χ4n) is 5.23. The molecule has 1 aliphatic heterocycles. The van der Waals surface area contributed by atoms with E-state index in [1.807, 2.05) is 45.0 Å². The lowest BCUT2D eigenvalue weighted by atomic mass is 9.85. The van der Waals surface area contributed by atoms with Gasteiger partial charge in [-0.2, -0.15) is 0 Å². The molecule has 2 N–H and O–H groups in total. The highest BCUT2D eigenvalue weighted by atomic mass is 16.5. The van der Waals surface area contributed by atoms with Gasteiger partial charge in [-0.3, -0.25) is 4.79 Å². The van der Waals surface area contributed by atoms with Crippen LogP contribution in [0.3, 0.4) is 0 Å². The molecule has 2 aliphatic rings. The molecular weight excluding hydrogens is 432 g/mol. The van der Waals surface area contributed by atoms with Crippen LogP contribution in [-0.2, 0) is 14.3 Å². The maximum Gasteiger partial charge on any atom is 0.407 e. The number of likely N-dealkylation sites (tertiary alicyclic amines) is 1. The van der Waals surface area contributed by atoms with Crippen LogP contribution in [0.1, 0.15) is 50.7 Å². The van der Waals surface area contributed by atoms with Crippen molar-refractivity contribution < 1.29 is 24.2 Å². The zero-order chi connectivity index (χ0) is 24.5. The van der Waals surface area contributed by atoms with Gasteiger partial charge in [-0.05, 0) is 40.0 Å². The zero-order valence-electron chi connectivity index (χ0n) is 19.9. The summed E-state index contributed by atoms with van der Waals surface area (Å²) in [7, 11) is 0. The van der Waals surface area contributed by atoms with E-state index in [2.05, 4.69) is 29.6 Å². The van der Waals surface area contributed by atoms with Crippen LogP contribution >= 0.6 is 0 Å². The zero-order valence-corrected chi connectivity index (χ0v) is 19.9. The standard InChI is InChI=1S/C27H32N2O5/c1-17(14-23(30)29-13-12-27(2,3)24(29)25(31)32)15-28-26(33)34-16-22-20-10-6-4-8-18(20)19-9-5-7-11-21(19)22/h4-11,17,22,24H,12-16H2,1-3H3,(H,28,33)(H,31,32). The lowest BCUT2D eigenvalue weighted by molar-refractivity contribution is -0.151. The van der Waals surface area contributed by atoms with Gasteiger partial charge in [-0.25, -0.2) is 9.59 Å². The molecule has 2 amide bonds. The maximum absolute atomic E-state index is 12.8. The highest BCUT2D eigenvalue weighted by Gasteiger charge is 2.47. The molecule has 7 heteroatoms. The number of carbonyl (C=O) groups excluding carboxylic acids is 2. The van der Waals surface area contributed by atoms with E-state index in [4.69, 9.17) is 4.74 Å². The van der Waals surface area contributed by atoms with Gasteiger partial charge in [0.25, 0.3) is 0 Å². The van der Waals surface area contributed by atoms with Gasteiger partial charge in [0.15, 0.2) is 0 Å². The van der Waals surface area contributed by atoms with Gasteiger partial charge < -0.3 is 20.1 Å². The number of hydrogen-bond donors (Lipinski definition) is 2. The molecule has 180 valence electrons. The molecule has 34 heavy (non-hydrogen) atoms. The largest absolute Gasteiger partial charge is 0.480 e. The van der Waals surface area contributed by atoms with E-state index in [0.717, 1.165) is 11.1 Å². The van der Waals surface area contributed by atoms with E-state index in [9.17, 15) is 19.5 Å². The Morgan fingerprint density at radius 2 is 1.68 bits per heavy atom. The van der Waals surface area contributed by atoms with Crippen molar-refractivity contribution >= 4 is 18.0 Å². The minimum Gasteiger partial charge on any atom is -0.480 e. The number of carboxylic acids is 1. The van der Waals surface area contributed by atoms with E-state index in [-0.39, 0.29) is 37.3 Å². The number of amides is 2. The first-order valence-electron chi connectivity index (χ1n) is 11.8. The summed E-state index contributed by atoms with van der Waals surface area (Å²) in [6.07, 6.45) is 0.304. The molecule has 4 rings (SSSR count). The van der Waals surface area contributed by atoms with Gasteiger partial charge in [0.05, 0.1) is 0 Å². The Labute approximate surface area is 200 Å². The van der Waals surface area contributed by atoms with Crippen LogP contribution in [0.15, 0.2) is 48.5 Å². The van der Waals surface area contributed by atoms with Crippen LogP contribution in [-0.4, -0.2) is 53.7 Å². The van der Waals surface area contributed by atoms with Crippen LogP contribution in [0.5, 0.6) is 0 Å². The van der Waals surface area contributed by atoms with Gasteiger partial charge in [0.2, 0.25) is 5.91 Å². The first-order chi connectivity index (χ1) is 16.2. The van der Waals surface area contributed by atoms with Crippen LogP contribution in [0.4, 0.5) is 4.79 Å². The number of rotatable bonds is 7. The number of nitrogens with zero attached hydrogens (tertiary/aromatic N) is 1. The van der Waals surface area contributed by atoms with Crippen molar-refractivity contribution in [1.82, 2.24) is 10.2 Å². The molecule has 0 bridgehead atoms. The predicted octanol–water partition coefficient (Wildman–Crippen LogP) is 4.26. The third-order valence-electron chi connectivity index (χ3n) is 7.06. The van der Waals surface area contributed by atoms with E-state index >= 15 is 0 Å². The molecule has 2 unspecified atom stereocenters. The Bertz CT molecular complexity index is 1050. The number of carbonyl (C=O) groups is 3. The van der Waals surface area contributed by atoms with Crippen molar-refractivity contribution in [2.75, 3.05) is 19.7 Å². The van der Waals surface area contributed by atoms with Crippen molar-refractivity contribution in [3.05, 3.63) is 59.7 Å². The Morgan fingerprint density at radius 3 is 2.26 bits per heavy atom. The Kier molecular flexibility index (Phi) is 6.64. The molecule has 1 aliphatic carbocycles. The number of alkyl carbamates (subject to hydrolysis) is 1. The number of aliphatic carboxylic acids is 1. The summed E-state index contributed by atoms with van der Waals surface area (Å²) in [5.41, 5.74) is 4.19. The van der Waals surface area contributed by atoms with Crippen molar-refractivity contribution in [3.8, 4) is 11.1 Å². The Hall–Kier alpha value is -3.35. The fourth-order valence-corrected chi connectivity index (χ4v) is 5.23. The second-order valence-corrected chi connectivity index (χ2v) is 10.1. The van der Waals surface area contributed by atoms with Crippen LogP contribution in [0.2, 0.25) is 0 Å². The van der Waals surface area contributed by atoms with Gasteiger partial charge in [-0.1, -0.05) is 69.3 Å². The summed E-state index contributed by atoms with van der Waals surface area (Å²) in [6.45, 7) is 6.56. The number of ether oxygens (including phenoxy) is 1. The minimum absolute atomic E-state index is 0.0105. The van der Waals surface area contributed by atoms with Crippen molar-refractivity contribution in [3.63, 3.8) is 0 Å². The number of nitrogens with one attached hydrogen (secondary N) is 1. The second kappa shape index (κ2) is 9.49. The minimum atomic E-state index is -0.972. The van der Waals surface area contributed by atoms with Crippen molar-refractivity contribution in [1.29, 1.82) is 0 Å². The monoisotopic (exact) mass is 464 g/mol. The molecule has 0 spiro atoms. The van der Waals surface area contributed by atoms with E-state index in [1.165, 1.54) is 16.0 Å². The third-order valence-corrected chi connectivity index (χ3v) is 7.06. The Balaban J connectivity index is 1.28. The van der Waals surface area contributed by atoms with Crippen molar-refractivity contribution in [2.24, 2.45) is 11.3 Å². The molecule has 1 saturated heterocycles. The number of carboxylic acid groups (broad SMARTS) is 1. The predicted molar refractivity (Wildman–Crippen MR) is 128 cm³/mol. The topological polar surface area (TPSA) is 95.9 Å². The molecule has 7 nitrogen and oxygen atoms in total. The maximum atomic E-state index is 12.8. The molecule has 0 radical (unpaired) electrons. The molecule has 0 saturated carbocycles. The summed E-state index contributed by atoms with van der Waals surface area (Å²) in [5, 5.41) is 12.3. The quantitative estimate of drug-likeness (QED) is 0.638. The first kappa shape index (κ1) is 23.8. The summed E-state index contributed by atoms with van der Waals surface area (Å²) in [5.74, 6) is -1.32. The summed E-state index contributed by atoms with van der Waals surface area (Å²) < 4.78 is 5.55. The van der Waals surface area contributed by atoms with Crippen LogP contribution < -0.4 is 5.32 Å². The van der Waals surface area contributed by atoms with E-state index in [0.29, 0.717) is 13.0 Å². The lowest BCUT2D eigenvalue weighted by Crippen LogP contribution is -2.46. The average molecular weight is 465 g/mol. The van der Waals surface area contributed by atoms with E-state index in [1.54, 1.807) is 0 Å². The highest BCUT2D eigenvalue weighted by Crippen LogP contribution is 2.44. The van der Waals surface area contributed by atoms with Gasteiger partial charge in [-0.15, -0.1) is 0 Å². The molecule has 2 aromatic rings. The smallest absolute Gasteiger partial charge is 0.407 e. The fraction of sp³-hybridized carbons (Fsp3) is 0.444.